The SMILES string of the molecule is C=CCC(C)(C)c1cccc(O)c1. The van der Waals surface area contributed by atoms with Gasteiger partial charge in [0.1, 0.15) is 5.75 Å². The highest BCUT2D eigenvalue weighted by molar-refractivity contribution is 5.32. The summed E-state index contributed by atoms with van der Waals surface area (Å²) in [7, 11) is 0. The van der Waals surface area contributed by atoms with Gasteiger partial charge in [0.2, 0.25) is 0 Å². The van der Waals surface area contributed by atoms with E-state index in [9.17, 15) is 5.11 Å². The van der Waals surface area contributed by atoms with Gasteiger partial charge in [-0.15, -0.1) is 6.58 Å². The van der Waals surface area contributed by atoms with E-state index in [1.807, 2.05) is 24.3 Å². The van der Waals surface area contributed by atoms with Crippen LogP contribution < -0.4 is 0 Å². The molecule has 0 heterocycles. The minimum absolute atomic E-state index is 0.0560. The maximum Gasteiger partial charge on any atom is 0.115 e. The van der Waals surface area contributed by atoms with E-state index in [4.69, 9.17) is 0 Å². The van der Waals surface area contributed by atoms with Crippen molar-refractivity contribution in [1.82, 2.24) is 0 Å². The van der Waals surface area contributed by atoms with Gasteiger partial charge in [0.25, 0.3) is 0 Å². The van der Waals surface area contributed by atoms with Crippen molar-refractivity contribution in [3.8, 4) is 5.75 Å². The third-order valence-corrected chi connectivity index (χ3v) is 2.28. The first-order valence-electron chi connectivity index (χ1n) is 4.47. The predicted octanol–water partition coefficient (Wildman–Crippen LogP) is 3.25. The van der Waals surface area contributed by atoms with Crippen LogP contribution in [0.25, 0.3) is 0 Å². The number of allylic oxidation sites excluding steroid dienone is 1. The van der Waals surface area contributed by atoms with Gasteiger partial charge >= 0.3 is 0 Å². The molecular weight excluding hydrogens is 160 g/mol. The largest absolute Gasteiger partial charge is 0.508 e. The molecule has 1 aromatic rings. The molecule has 1 N–H and O–H groups in total. The molecule has 0 aliphatic rings. The molecule has 1 aromatic carbocycles. The normalized spacial score (nSPS) is 11.2. The van der Waals surface area contributed by atoms with Crippen LogP contribution in [0.5, 0.6) is 5.75 Å². The van der Waals surface area contributed by atoms with E-state index in [0.29, 0.717) is 5.75 Å². The number of aromatic hydroxyl groups is 1. The lowest BCUT2D eigenvalue weighted by atomic mass is 9.81. The molecule has 0 unspecified atom stereocenters. The van der Waals surface area contributed by atoms with Gasteiger partial charge in [-0.1, -0.05) is 32.1 Å². The minimum Gasteiger partial charge on any atom is -0.508 e. The van der Waals surface area contributed by atoms with E-state index in [2.05, 4.69) is 20.4 Å². The Bertz CT molecular complexity index is 300. The Kier molecular flexibility index (Phi) is 2.76. The van der Waals surface area contributed by atoms with Gasteiger partial charge < -0.3 is 5.11 Å². The summed E-state index contributed by atoms with van der Waals surface area (Å²) in [5.41, 5.74) is 1.20. The van der Waals surface area contributed by atoms with E-state index in [-0.39, 0.29) is 5.41 Å². The smallest absolute Gasteiger partial charge is 0.115 e. The van der Waals surface area contributed by atoms with Crippen molar-refractivity contribution in [2.24, 2.45) is 0 Å². The first kappa shape index (κ1) is 9.85. The summed E-state index contributed by atoms with van der Waals surface area (Å²) in [6, 6.07) is 7.40. The molecule has 0 fully saturated rings. The molecule has 1 rings (SSSR count). The van der Waals surface area contributed by atoms with Gasteiger partial charge in [0.05, 0.1) is 0 Å². The summed E-state index contributed by atoms with van der Waals surface area (Å²) in [5.74, 6) is 0.328. The summed E-state index contributed by atoms with van der Waals surface area (Å²) in [5, 5.41) is 9.32. The summed E-state index contributed by atoms with van der Waals surface area (Å²) >= 11 is 0. The van der Waals surface area contributed by atoms with Crippen molar-refractivity contribution in [1.29, 1.82) is 0 Å². The van der Waals surface area contributed by atoms with Crippen molar-refractivity contribution < 1.29 is 5.11 Å². The molecule has 1 nitrogen and oxygen atoms in total. The number of benzene rings is 1. The highest BCUT2D eigenvalue weighted by Gasteiger charge is 2.18. The van der Waals surface area contributed by atoms with Crippen LogP contribution in [-0.2, 0) is 5.41 Å². The molecule has 0 aromatic heterocycles. The van der Waals surface area contributed by atoms with Crippen LogP contribution in [0, 0.1) is 0 Å². The second-order valence-corrected chi connectivity index (χ2v) is 3.93. The Morgan fingerprint density at radius 2 is 2.15 bits per heavy atom. The Balaban J connectivity index is 2.99. The Hall–Kier alpha value is -1.24. The van der Waals surface area contributed by atoms with Crippen LogP contribution in [0.1, 0.15) is 25.8 Å². The quantitative estimate of drug-likeness (QED) is 0.701. The number of phenolic OH excluding ortho intramolecular Hbond substituents is 1. The van der Waals surface area contributed by atoms with E-state index in [0.717, 1.165) is 12.0 Å². The molecule has 0 amide bonds. The van der Waals surface area contributed by atoms with E-state index < -0.39 is 0 Å². The van der Waals surface area contributed by atoms with Gasteiger partial charge in [-0.25, -0.2) is 0 Å². The molecule has 0 bridgehead atoms. The predicted molar refractivity (Wildman–Crippen MR) is 55.9 cm³/mol. The standard InChI is InChI=1S/C12H16O/c1-4-8-12(2,3)10-6-5-7-11(13)9-10/h4-7,9,13H,1,8H2,2-3H3. The van der Waals surface area contributed by atoms with Gasteiger partial charge in [0.15, 0.2) is 0 Å². The van der Waals surface area contributed by atoms with Gasteiger partial charge in [-0.2, -0.15) is 0 Å². The first-order valence-corrected chi connectivity index (χ1v) is 4.47. The second-order valence-electron chi connectivity index (χ2n) is 3.93. The van der Waals surface area contributed by atoms with Crippen molar-refractivity contribution >= 4 is 0 Å². The molecule has 0 aliphatic carbocycles. The molecule has 0 atom stereocenters. The zero-order valence-corrected chi connectivity index (χ0v) is 8.25. The van der Waals surface area contributed by atoms with Crippen molar-refractivity contribution in [3.63, 3.8) is 0 Å². The Morgan fingerprint density at radius 1 is 1.46 bits per heavy atom. The molecule has 0 saturated carbocycles. The van der Waals surface area contributed by atoms with E-state index in [1.54, 1.807) is 6.07 Å². The van der Waals surface area contributed by atoms with Crippen LogP contribution in [0.2, 0.25) is 0 Å². The summed E-state index contributed by atoms with van der Waals surface area (Å²) < 4.78 is 0. The topological polar surface area (TPSA) is 20.2 Å². The third-order valence-electron chi connectivity index (χ3n) is 2.28. The third kappa shape index (κ3) is 2.35. The van der Waals surface area contributed by atoms with Crippen LogP contribution in [-0.4, -0.2) is 5.11 Å². The zero-order valence-electron chi connectivity index (χ0n) is 8.25. The van der Waals surface area contributed by atoms with Crippen molar-refractivity contribution in [3.05, 3.63) is 42.5 Å². The summed E-state index contributed by atoms with van der Waals surface area (Å²) in [4.78, 5) is 0. The fourth-order valence-electron chi connectivity index (χ4n) is 1.41. The average Bonchev–Trinajstić information content (AvgIpc) is 2.04. The van der Waals surface area contributed by atoms with Gasteiger partial charge in [-0.3, -0.25) is 0 Å². The number of hydrogen-bond donors (Lipinski definition) is 1. The van der Waals surface area contributed by atoms with Crippen LogP contribution in [0.4, 0.5) is 0 Å². The Labute approximate surface area is 79.7 Å². The summed E-state index contributed by atoms with van der Waals surface area (Å²) in [6.07, 6.45) is 2.82. The molecule has 0 saturated heterocycles. The zero-order chi connectivity index (χ0) is 9.90. The monoisotopic (exact) mass is 176 g/mol. The average molecular weight is 176 g/mol. The lowest BCUT2D eigenvalue weighted by Gasteiger charge is -2.23. The van der Waals surface area contributed by atoms with E-state index in [1.165, 1.54) is 0 Å². The molecule has 70 valence electrons. The van der Waals surface area contributed by atoms with Crippen molar-refractivity contribution in [2.45, 2.75) is 25.7 Å². The highest BCUT2D eigenvalue weighted by Crippen LogP contribution is 2.29. The first-order chi connectivity index (χ1) is 6.06. The van der Waals surface area contributed by atoms with Crippen LogP contribution in [0.3, 0.4) is 0 Å². The maximum absolute atomic E-state index is 9.32. The van der Waals surface area contributed by atoms with E-state index >= 15 is 0 Å². The Morgan fingerprint density at radius 3 is 2.69 bits per heavy atom. The highest BCUT2D eigenvalue weighted by atomic mass is 16.3. The molecule has 13 heavy (non-hydrogen) atoms. The molecular formula is C12H16O. The lowest BCUT2D eigenvalue weighted by molar-refractivity contribution is 0.468. The minimum atomic E-state index is 0.0560. The van der Waals surface area contributed by atoms with Gasteiger partial charge in [0, 0.05) is 0 Å². The maximum atomic E-state index is 9.32. The van der Waals surface area contributed by atoms with Crippen molar-refractivity contribution in [2.75, 3.05) is 0 Å². The molecule has 1 heteroatoms. The van der Waals surface area contributed by atoms with Gasteiger partial charge in [-0.05, 0) is 29.5 Å². The molecule has 0 spiro atoms. The van der Waals surface area contributed by atoms with Crippen LogP contribution in [0.15, 0.2) is 36.9 Å². The fourth-order valence-corrected chi connectivity index (χ4v) is 1.41. The lowest BCUT2D eigenvalue weighted by Crippen LogP contribution is -2.15. The number of hydrogen-bond acceptors (Lipinski definition) is 1. The van der Waals surface area contributed by atoms with Crippen LogP contribution >= 0.6 is 0 Å². The molecule has 0 aliphatic heterocycles. The molecule has 0 radical (unpaired) electrons. The number of rotatable bonds is 3. The fraction of sp³-hybridized carbons (Fsp3) is 0.333. The second kappa shape index (κ2) is 3.65. The summed E-state index contributed by atoms with van der Waals surface area (Å²) in [6.45, 7) is 8.02. The number of phenols is 1.